The third kappa shape index (κ3) is 3.41. The number of benzene rings is 1. The second-order valence-electron chi connectivity index (χ2n) is 5.43. The van der Waals surface area contributed by atoms with E-state index in [1.807, 2.05) is 6.07 Å². The summed E-state index contributed by atoms with van der Waals surface area (Å²) in [5.74, 6) is 1.74. The van der Waals surface area contributed by atoms with Crippen molar-refractivity contribution in [2.24, 2.45) is 5.92 Å². The third-order valence-electron chi connectivity index (χ3n) is 4.08. The number of hydrogen-bond donors (Lipinski definition) is 0. The minimum atomic E-state index is 0.152. The average molecular weight is 267 g/mol. The van der Waals surface area contributed by atoms with Crippen molar-refractivity contribution in [3.05, 3.63) is 29.3 Å². The molecular formula is C16H23ClO. The third-order valence-corrected chi connectivity index (χ3v) is 4.49. The van der Waals surface area contributed by atoms with Gasteiger partial charge in [0.15, 0.2) is 0 Å². The molecule has 0 aromatic heterocycles. The van der Waals surface area contributed by atoms with E-state index in [4.69, 9.17) is 16.3 Å². The lowest BCUT2D eigenvalue weighted by atomic mass is 9.84. The Morgan fingerprint density at radius 1 is 1.28 bits per heavy atom. The quantitative estimate of drug-likeness (QED) is 0.676. The summed E-state index contributed by atoms with van der Waals surface area (Å²) in [4.78, 5) is 0. The van der Waals surface area contributed by atoms with Gasteiger partial charge in [-0.25, -0.2) is 0 Å². The standard InChI is InChI=1S/C16H23ClO/c1-12-10-14(18-2)8-9-15(12)16(17)11-13-6-4-3-5-7-13/h8-10,13,16H,3-7,11H2,1-2H3. The van der Waals surface area contributed by atoms with Gasteiger partial charge in [-0.2, -0.15) is 0 Å². The highest BCUT2D eigenvalue weighted by Gasteiger charge is 2.19. The zero-order valence-electron chi connectivity index (χ0n) is 11.4. The second-order valence-corrected chi connectivity index (χ2v) is 5.96. The molecule has 0 saturated heterocycles. The number of methoxy groups -OCH3 is 1. The highest BCUT2D eigenvalue weighted by Crippen LogP contribution is 2.36. The fourth-order valence-corrected chi connectivity index (χ4v) is 3.47. The Balaban J connectivity index is 2.01. The summed E-state index contributed by atoms with van der Waals surface area (Å²) in [5, 5.41) is 0.152. The topological polar surface area (TPSA) is 9.23 Å². The molecule has 1 fully saturated rings. The van der Waals surface area contributed by atoms with Gasteiger partial charge in [0.25, 0.3) is 0 Å². The van der Waals surface area contributed by atoms with E-state index in [0.717, 1.165) is 18.1 Å². The van der Waals surface area contributed by atoms with Crippen LogP contribution in [-0.4, -0.2) is 7.11 Å². The monoisotopic (exact) mass is 266 g/mol. The van der Waals surface area contributed by atoms with Crippen LogP contribution in [0.15, 0.2) is 18.2 Å². The van der Waals surface area contributed by atoms with Gasteiger partial charge >= 0.3 is 0 Å². The van der Waals surface area contributed by atoms with Gasteiger partial charge in [-0.1, -0.05) is 38.2 Å². The van der Waals surface area contributed by atoms with Crippen LogP contribution in [0.5, 0.6) is 5.75 Å². The molecule has 18 heavy (non-hydrogen) atoms. The van der Waals surface area contributed by atoms with Gasteiger partial charge < -0.3 is 4.74 Å². The summed E-state index contributed by atoms with van der Waals surface area (Å²) in [6.07, 6.45) is 8.02. The van der Waals surface area contributed by atoms with E-state index in [-0.39, 0.29) is 5.38 Å². The zero-order chi connectivity index (χ0) is 13.0. The SMILES string of the molecule is COc1ccc(C(Cl)CC2CCCCC2)c(C)c1. The van der Waals surface area contributed by atoms with E-state index >= 15 is 0 Å². The molecular weight excluding hydrogens is 244 g/mol. The molecule has 1 aromatic rings. The first-order chi connectivity index (χ1) is 8.70. The summed E-state index contributed by atoms with van der Waals surface area (Å²) in [7, 11) is 1.70. The lowest BCUT2D eigenvalue weighted by molar-refractivity contribution is 0.336. The van der Waals surface area contributed by atoms with Crippen LogP contribution in [0.1, 0.15) is 55.0 Å². The molecule has 1 atom stereocenters. The molecule has 1 aliphatic rings. The Hall–Kier alpha value is -0.690. The first kappa shape index (κ1) is 13.7. The Morgan fingerprint density at radius 2 is 2.00 bits per heavy atom. The van der Waals surface area contributed by atoms with Crippen LogP contribution in [0.2, 0.25) is 0 Å². The van der Waals surface area contributed by atoms with Crippen LogP contribution in [0.4, 0.5) is 0 Å². The van der Waals surface area contributed by atoms with Crippen molar-refractivity contribution in [2.75, 3.05) is 7.11 Å². The van der Waals surface area contributed by atoms with E-state index < -0.39 is 0 Å². The van der Waals surface area contributed by atoms with Crippen LogP contribution in [0, 0.1) is 12.8 Å². The maximum atomic E-state index is 6.60. The normalized spacial score (nSPS) is 18.6. The van der Waals surface area contributed by atoms with Gasteiger partial charge in [0.1, 0.15) is 5.75 Å². The van der Waals surface area contributed by atoms with E-state index in [2.05, 4.69) is 19.1 Å². The van der Waals surface area contributed by atoms with Crippen LogP contribution < -0.4 is 4.74 Å². The van der Waals surface area contributed by atoms with Gasteiger partial charge in [-0.15, -0.1) is 11.6 Å². The summed E-state index contributed by atoms with van der Waals surface area (Å²) in [5.41, 5.74) is 2.51. The molecule has 0 amide bonds. The van der Waals surface area contributed by atoms with Crippen molar-refractivity contribution in [1.29, 1.82) is 0 Å². The van der Waals surface area contributed by atoms with Crippen LogP contribution >= 0.6 is 11.6 Å². The molecule has 100 valence electrons. The smallest absolute Gasteiger partial charge is 0.119 e. The maximum Gasteiger partial charge on any atom is 0.119 e. The van der Waals surface area contributed by atoms with Gasteiger partial charge in [0.2, 0.25) is 0 Å². The fraction of sp³-hybridized carbons (Fsp3) is 0.625. The minimum Gasteiger partial charge on any atom is -0.497 e. The number of hydrogen-bond acceptors (Lipinski definition) is 1. The average Bonchev–Trinajstić information content (AvgIpc) is 2.39. The Labute approximate surface area is 115 Å². The molecule has 1 aromatic carbocycles. The number of halogens is 1. The van der Waals surface area contributed by atoms with Crippen LogP contribution in [-0.2, 0) is 0 Å². The summed E-state index contributed by atoms with van der Waals surface area (Å²) >= 11 is 6.60. The Bertz CT molecular complexity index is 383. The molecule has 2 rings (SSSR count). The first-order valence-corrected chi connectivity index (χ1v) is 7.43. The molecule has 0 N–H and O–H groups in total. The molecule has 0 bridgehead atoms. The molecule has 1 unspecified atom stereocenters. The summed E-state index contributed by atoms with van der Waals surface area (Å²) < 4.78 is 5.24. The molecule has 1 nitrogen and oxygen atoms in total. The molecule has 0 aliphatic heterocycles. The number of rotatable bonds is 4. The van der Waals surface area contributed by atoms with Gasteiger partial charge in [0.05, 0.1) is 12.5 Å². The van der Waals surface area contributed by atoms with Gasteiger partial charge in [0, 0.05) is 0 Å². The number of alkyl halides is 1. The van der Waals surface area contributed by atoms with Crippen molar-refractivity contribution < 1.29 is 4.74 Å². The van der Waals surface area contributed by atoms with Gasteiger partial charge in [-0.3, -0.25) is 0 Å². The minimum absolute atomic E-state index is 0.152. The number of aryl methyl sites for hydroxylation is 1. The molecule has 2 heteroatoms. The van der Waals surface area contributed by atoms with Gasteiger partial charge in [-0.05, 0) is 42.5 Å². The van der Waals surface area contributed by atoms with Crippen molar-refractivity contribution in [2.45, 2.75) is 50.8 Å². The molecule has 1 saturated carbocycles. The zero-order valence-corrected chi connectivity index (χ0v) is 12.2. The van der Waals surface area contributed by atoms with E-state index in [9.17, 15) is 0 Å². The molecule has 0 radical (unpaired) electrons. The predicted molar refractivity (Wildman–Crippen MR) is 77.5 cm³/mol. The first-order valence-electron chi connectivity index (χ1n) is 6.99. The molecule has 0 heterocycles. The van der Waals surface area contributed by atoms with E-state index in [1.165, 1.54) is 43.2 Å². The molecule has 1 aliphatic carbocycles. The van der Waals surface area contributed by atoms with E-state index in [0.29, 0.717) is 0 Å². The van der Waals surface area contributed by atoms with Crippen molar-refractivity contribution in [1.82, 2.24) is 0 Å². The summed E-state index contributed by atoms with van der Waals surface area (Å²) in [6.45, 7) is 2.12. The fourth-order valence-electron chi connectivity index (χ4n) is 2.97. The van der Waals surface area contributed by atoms with Crippen LogP contribution in [0.25, 0.3) is 0 Å². The Kier molecular flexibility index (Phi) is 4.94. The molecule has 0 spiro atoms. The number of ether oxygens (including phenoxy) is 1. The largest absolute Gasteiger partial charge is 0.497 e. The second kappa shape index (κ2) is 6.47. The van der Waals surface area contributed by atoms with Crippen molar-refractivity contribution in [3.8, 4) is 5.75 Å². The summed E-state index contributed by atoms with van der Waals surface area (Å²) in [6, 6.07) is 6.21. The van der Waals surface area contributed by atoms with Crippen molar-refractivity contribution in [3.63, 3.8) is 0 Å². The predicted octanol–water partition coefficient (Wildman–Crippen LogP) is 5.25. The highest BCUT2D eigenvalue weighted by molar-refractivity contribution is 6.20. The van der Waals surface area contributed by atoms with Crippen molar-refractivity contribution >= 4 is 11.6 Å². The highest BCUT2D eigenvalue weighted by atomic mass is 35.5. The lowest BCUT2D eigenvalue weighted by Crippen LogP contribution is -2.09. The maximum absolute atomic E-state index is 6.60. The lowest BCUT2D eigenvalue weighted by Gasteiger charge is -2.24. The van der Waals surface area contributed by atoms with Crippen LogP contribution in [0.3, 0.4) is 0 Å². The Morgan fingerprint density at radius 3 is 2.61 bits per heavy atom. The van der Waals surface area contributed by atoms with E-state index in [1.54, 1.807) is 7.11 Å².